The Morgan fingerprint density at radius 2 is 2.42 bits per heavy atom. The highest BCUT2D eigenvalue weighted by Crippen LogP contribution is 2.10. The third-order valence-electron chi connectivity index (χ3n) is 1.91. The summed E-state index contributed by atoms with van der Waals surface area (Å²) in [6.07, 6.45) is 4.67. The molecule has 0 aliphatic carbocycles. The Morgan fingerprint density at radius 3 is 3.00 bits per heavy atom. The van der Waals surface area contributed by atoms with Gasteiger partial charge in [-0.2, -0.15) is 0 Å². The van der Waals surface area contributed by atoms with Crippen molar-refractivity contribution in [2.24, 2.45) is 3.21 Å². The standard InChI is InChI=1S/C9H11IN2/c1-3-8-4-5-11-9(6-12-10)7(8)2/h4-6H,3H2,1-2H3/b12-6-. The number of nitrogens with zero attached hydrogens (tertiary/aromatic N) is 2. The molecule has 0 saturated carbocycles. The van der Waals surface area contributed by atoms with Crippen molar-refractivity contribution in [3.8, 4) is 0 Å². The van der Waals surface area contributed by atoms with Gasteiger partial charge < -0.3 is 0 Å². The first-order valence-electron chi connectivity index (χ1n) is 3.88. The van der Waals surface area contributed by atoms with Gasteiger partial charge in [0.25, 0.3) is 0 Å². The van der Waals surface area contributed by atoms with E-state index < -0.39 is 0 Å². The highest BCUT2D eigenvalue weighted by molar-refractivity contribution is 14.1. The average Bonchev–Trinajstić information content (AvgIpc) is 2.09. The number of aryl methyl sites for hydroxylation is 1. The summed E-state index contributed by atoms with van der Waals surface area (Å²) in [7, 11) is 0. The number of hydrogen-bond acceptors (Lipinski definition) is 2. The molecule has 2 nitrogen and oxygen atoms in total. The van der Waals surface area contributed by atoms with Crippen LogP contribution in [0.2, 0.25) is 0 Å². The lowest BCUT2D eigenvalue weighted by atomic mass is 10.1. The average molecular weight is 274 g/mol. The molecular weight excluding hydrogens is 263 g/mol. The molecule has 1 heterocycles. The van der Waals surface area contributed by atoms with Crippen molar-refractivity contribution in [3.63, 3.8) is 0 Å². The monoisotopic (exact) mass is 274 g/mol. The van der Waals surface area contributed by atoms with Crippen molar-refractivity contribution in [1.82, 2.24) is 4.98 Å². The van der Waals surface area contributed by atoms with Crippen LogP contribution in [0.15, 0.2) is 15.5 Å². The van der Waals surface area contributed by atoms with Crippen LogP contribution >= 0.6 is 22.9 Å². The molecule has 0 fully saturated rings. The van der Waals surface area contributed by atoms with Crippen LogP contribution in [0.1, 0.15) is 23.7 Å². The predicted molar refractivity (Wildman–Crippen MR) is 60.0 cm³/mol. The van der Waals surface area contributed by atoms with Crippen molar-refractivity contribution in [3.05, 3.63) is 29.1 Å². The molecule has 0 N–H and O–H groups in total. The van der Waals surface area contributed by atoms with E-state index in [9.17, 15) is 0 Å². The van der Waals surface area contributed by atoms with Gasteiger partial charge in [-0.3, -0.25) is 4.98 Å². The molecule has 0 aromatic carbocycles. The fraction of sp³-hybridized carbons (Fsp3) is 0.333. The SMILES string of the molecule is CCc1ccnc(/C=N\I)c1C. The summed E-state index contributed by atoms with van der Waals surface area (Å²) >= 11 is 1.96. The molecule has 0 bridgehead atoms. The van der Waals surface area contributed by atoms with E-state index in [1.165, 1.54) is 11.1 Å². The maximum Gasteiger partial charge on any atom is 0.0849 e. The number of aromatic nitrogens is 1. The van der Waals surface area contributed by atoms with Gasteiger partial charge >= 0.3 is 0 Å². The fourth-order valence-electron chi connectivity index (χ4n) is 1.15. The molecule has 1 aromatic heterocycles. The summed E-state index contributed by atoms with van der Waals surface area (Å²) in [5, 5.41) is 0. The van der Waals surface area contributed by atoms with Crippen molar-refractivity contribution in [2.75, 3.05) is 0 Å². The molecule has 0 spiro atoms. The smallest absolute Gasteiger partial charge is 0.0849 e. The van der Waals surface area contributed by atoms with Crippen molar-refractivity contribution in [2.45, 2.75) is 20.3 Å². The molecule has 64 valence electrons. The molecule has 3 heteroatoms. The number of halogens is 1. The quantitative estimate of drug-likeness (QED) is 0.601. The lowest BCUT2D eigenvalue weighted by Gasteiger charge is -2.03. The summed E-state index contributed by atoms with van der Waals surface area (Å²) in [5.41, 5.74) is 3.56. The van der Waals surface area contributed by atoms with Gasteiger partial charge in [0.1, 0.15) is 0 Å². The highest BCUT2D eigenvalue weighted by atomic mass is 127. The van der Waals surface area contributed by atoms with Gasteiger partial charge in [-0.1, -0.05) is 6.92 Å². The third kappa shape index (κ3) is 2.03. The Kier molecular flexibility index (Phi) is 3.65. The van der Waals surface area contributed by atoms with E-state index >= 15 is 0 Å². The van der Waals surface area contributed by atoms with Crippen LogP contribution in [0.5, 0.6) is 0 Å². The zero-order valence-electron chi connectivity index (χ0n) is 7.21. The van der Waals surface area contributed by atoms with Crippen LogP contribution < -0.4 is 0 Å². The van der Waals surface area contributed by atoms with Crippen LogP contribution in [0.25, 0.3) is 0 Å². The Bertz CT molecular complexity index is 295. The maximum absolute atomic E-state index is 4.22. The Morgan fingerprint density at radius 1 is 1.67 bits per heavy atom. The van der Waals surface area contributed by atoms with Gasteiger partial charge in [0.15, 0.2) is 0 Å². The maximum atomic E-state index is 4.22. The largest absolute Gasteiger partial charge is 0.255 e. The first kappa shape index (κ1) is 9.64. The normalized spacial score (nSPS) is 10.9. The van der Waals surface area contributed by atoms with E-state index in [-0.39, 0.29) is 0 Å². The molecule has 0 radical (unpaired) electrons. The second kappa shape index (κ2) is 4.54. The van der Waals surface area contributed by atoms with Crippen molar-refractivity contribution in [1.29, 1.82) is 0 Å². The summed E-state index contributed by atoms with van der Waals surface area (Å²) in [4.78, 5) is 4.22. The van der Waals surface area contributed by atoms with Crippen LogP contribution in [-0.2, 0) is 6.42 Å². The van der Waals surface area contributed by atoms with Crippen molar-refractivity contribution >= 4 is 29.1 Å². The van der Waals surface area contributed by atoms with E-state index in [1.807, 2.05) is 29.1 Å². The van der Waals surface area contributed by atoms with Gasteiger partial charge in [0, 0.05) is 6.20 Å². The van der Waals surface area contributed by atoms with Crippen molar-refractivity contribution < 1.29 is 0 Å². The molecule has 0 aliphatic rings. The molecule has 0 atom stereocenters. The summed E-state index contributed by atoms with van der Waals surface area (Å²) in [6, 6.07) is 2.06. The highest BCUT2D eigenvalue weighted by Gasteiger charge is 2.00. The van der Waals surface area contributed by atoms with E-state index in [0.717, 1.165) is 12.1 Å². The van der Waals surface area contributed by atoms with Gasteiger partial charge in [-0.05, 0) is 30.5 Å². The number of rotatable bonds is 2. The minimum Gasteiger partial charge on any atom is -0.255 e. The van der Waals surface area contributed by atoms with Crippen LogP contribution in [0.4, 0.5) is 0 Å². The first-order chi connectivity index (χ1) is 5.79. The van der Waals surface area contributed by atoms with Crippen LogP contribution in [0, 0.1) is 6.92 Å². The molecule has 12 heavy (non-hydrogen) atoms. The minimum atomic E-state index is 0.976. The van der Waals surface area contributed by atoms with Crippen LogP contribution in [-0.4, -0.2) is 11.2 Å². The molecule has 1 rings (SSSR count). The van der Waals surface area contributed by atoms with E-state index in [1.54, 1.807) is 6.21 Å². The third-order valence-corrected chi connectivity index (χ3v) is 2.19. The minimum absolute atomic E-state index is 0.976. The zero-order chi connectivity index (χ0) is 8.97. The molecular formula is C9H11IN2. The fourth-order valence-corrected chi connectivity index (χ4v) is 1.42. The Balaban J connectivity index is 3.13. The van der Waals surface area contributed by atoms with E-state index in [0.29, 0.717) is 0 Å². The zero-order valence-corrected chi connectivity index (χ0v) is 9.37. The predicted octanol–water partition coefficient (Wildman–Crippen LogP) is 2.72. The molecule has 1 aromatic rings. The molecule has 0 unspecified atom stereocenters. The summed E-state index contributed by atoms with van der Waals surface area (Å²) < 4.78 is 3.92. The Labute approximate surface area is 86.6 Å². The van der Waals surface area contributed by atoms with E-state index in [2.05, 4.69) is 28.1 Å². The second-order valence-electron chi connectivity index (χ2n) is 2.56. The molecule has 0 amide bonds. The summed E-state index contributed by atoms with van der Waals surface area (Å²) in [6.45, 7) is 4.23. The first-order valence-corrected chi connectivity index (χ1v) is 4.85. The molecule has 0 aliphatic heterocycles. The topological polar surface area (TPSA) is 25.2 Å². The van der Waals surface area contributed by atoms with Gasteiger partial charge in [-0.25, -0.2) is 3.21 Å². The lowest BCUT2D eigenvalue weighted by molar-refractivity contribution is 1.08. The summed E-state index contributed by atoms with van der Waals surface area (Å²) in [5.74, 6) is 0. The molecule has 0 saturated heterocycles. The Hall–Kier alpha value is -0.450. The number of hydrogen-bond donors (Lipinski definition) is 0. The van der Waals surface area contributed by atoms with E-state index in [4.69, 9.17) is 0 Å². The number of pyridine rings is 1. The van der Waals surface area contributed by atoms with Gasteiger partial charge in [0.2, 0.25) is 0 Å². The van der Waals surface area contributed by atoms with Crippen LogP contribution in [0.3, 0.4) is 0 Å². The van der Waals surface area contributed by atoms with Gasteiger partial charge in [-0.15, -0.1) is 0 Å². The second-order valence-corrected chi connectivity index (χ2v) is 3.12. The lowest BCUT2D eigenvalue weighted by Crippen LogP contribution is -1.96. The van der Waals surface area contributed by atoms with Gasteiger partial charge in [0.05, 0.1) is 34.8 Å².